The van der Waals surface area contributed by atoms with Gasteiger partial charge in [-0.2, -0.15) is 0 Å². The number of halogens is 1. The molecule has 0 aromatic carbocycles. The first-order chi connectivity index (χ1) is 4.43. The Kier molecular flexibility index (Phi) is 6.02. The molecule has 1 atom stereocenters. The molecule has 0 aromatic heterocycles. The summed E-state index contributed by atoms with van der Waals surface area (Å²) in [5.41, 5.74) is 0. The van der Waals surface area contributed by atoms with Crippen LogP contribution in [-0.4, -0.2) is 39.5 Å². The maximum Gasteiger partial charge on any atom is 0.0933 e. The summed E-state index contributed by atoms with van der Waals surface area (Å²) in [6, 6.07) is 0. The van der Waals surface area contributed by atoms with Crippen LogP contribution < -0.4 is 5.32 Å². The van der Waals surface area contributed by atoms with Gasteiger partial charge < -0.3 is 14.8 Å². The van der Waals surface area contributed by atoms with E-state index >= 15 is 0 Å². The van der Waals surface area contributed by atoms with E-state index < -0.39 is 0 Å². The summed E-state index contributed by atoms with van der Waals surface area (Å²) < 4.78 is 10.5. The molecular weight excluding hydrogens is 154 g/mol. The number of rotatable bonds is 2. The van der Waals surface area contributed by atoms with Crippen LogP contribution in [0.2, 0.25) is 0 Å². The lowest BCUT2D eigenvalue weighted by Gasteiger charge is -2.22. The molecule has 1 saturated heterocycles. The summed E-state index contributed by atoms with van der Waals surface area (Å²) in [7, 11) is 1.91. The second kappa shape index (κ2) is 5.92. The van der Waals surface area contributed by atoms with Crippen LogP contribution in [0.15, 0.2) is 0 Å². The van der Waals surface area contributed by atoms with Crippen molar-refractivity contribution in [2.24, 2.45) is 0 Å². The standard InChI is InChI=1S/C6H13NO2.ClH/c1-7-4-6-5-8-2-3-9-6;/h6-7H,2-5H2,1H3;1H. The van der Waals surface area contributed by atoms with Gasteiger partial charge in [0, 0.05) is 6.54 Å². The number of likely N-dealkylation sites (N-methyl/N-ethyl adjacent to an activating group) is 1. The van der Waals surface area contributed by atoms with Crippen LogP contribution in [0, 0.1) is 0 Å². The Labute approximate surface area is 67.5 Å². The summed E-state index contributed by atoms with van der Waals surface area (Å²) in [6.07, 6.45) is 0.267. The van der Waals surface area contributed by atoms with Crippen LogP contribution in [0.1, 0.15) is 0 Å². The fourth-order valence-electron chi connectivity index (χ4n) is 0.882. The second-order valence-electron chi connectivity index (χ2n) is 2.13. The zero-order valence-corrected chi connectivity index (χ0v) is 6.95. The summed E-state index contributed by atoms with van der Waals surface area (Å²) in [5.74, 6) is 0. The lowest BCUT2D eigenvalue weighted by Crippen LogP contribution is -2.35. The third kappa shape index (κ3) is 3.37. The molecule has 0 spiro atoms. The minimum absolute atomic E-state index is 0. The maximum atomic E-state index is 5.33. The molecule has 0 radical (unpaired) electrons. The fraction of sp³-hybridized carbons (Fsp3) is 1.00. The molecule has 0 amide bonds. The molecular formula is C6H14ClNO2. The van der Waals surface area contributed by atoms with Gasteiger partial charge in [-0.15, -0.1) is 12.4 Å². The van der Waals surface area contributed by atoms with Crippen LogP contribution in [0.3, 0.4) is 0 Å². The van der Waals surface area contributed by atoms with Gasteiger partial charge in [0.1, 0.15) is 0 Å². The highest BCUT2D eigenvalue weighted by Gasteiger charge is 2.11. The van der Waals surface area contributed by atoms with Crippen molar-refractivity contribution in [3.8, 4) is 0 Å². The molecule has 4 heteroatoms. The molecule has 1 fully saturated rings. The minimum Gasteiger partial charge on any atom is -0.376 e. The van der Waals surface area contributed by atoms with Crippen molar-refractivity contribution in [3.05, 3.63) is 0 Å². The topological polar surface area (TPSA) is 30.5 Å². The number of ether oxygens (including phenoxy) is 2. The van der Waals surface area contributed by atoms with Crippen molar-refractivity contribution in [2.45, 2.75) is 6.10 Å². The molecule has 0 aromatic rings. The molecule has 1 unspecified atom stereocenters. The largest absolute Gasteiger partial charge is 0.376 e. The van der Waals surface area contributed by atoms with Crippen LogP contribution >= 0.6 is 12.4 Å². The highest BCUT2D eigenvalue weighted by atomic mass is 35.5. The van der Waals surface area contributed by atoms with E-state index in [0.717, 1.165) is 26.4 Å². The zero-order valence-electron chi connectivity index (χ0n) is 6.13. The minimum atomic E-state index is 0. The quantitative estimate of drug-likeness (QED) is 0.630. The summed E-state index contributed by atoms with van der Waals surface area (Å²) in [5, 5.41) is 3.03. The van der Waals surface area contributed by atoms with Crippen molar-refractivity contribution in [3.63, 3.8) is 0 Å². The average Bonchev–Trinajstić information content (AvgIpc) is 1.91. The Morgan fingerprint density at radius 2 is 2.30 bits per heavy atom. The Bertz CT molecular complexity index is 73.4. The van der Waals surface area contributed by atoms with Gasteiger partial charge in [0.05, 0.1) is 25.9 Å². The number of nitrogens with one attached hydrogen (secondary N) is 1. The lowest BCUT2D eigenvalue weighted by molar-refractivity contribution is -0.0858. The van der Waals surface area contributed by atoms with Crippen molar-refractivity contribution in [1.29, 1.82) is 0 Å². The van der Waals surface area contributed by atoms with Gasteiger partial charge in [0.2, 0.25) is 0 Å². The molecule has 10 heavy (non-hydrogen) atoms. The molecule has 0 bridgehead atoms. The van der Waals surface area contributed by atoms with Crippen LogP contribution in [-0.2, 0) is 9.47 Å². The summed E-state index contributed by atoms with van der Waals surface area (Å²) in [4.78, 5) is 0. The fourth-order valence-corrected chi connectivity index (χ4v) is 0.882. The highest BCUT2D eigenvalue weighted by molar-refractivity contribution is 5.85. The molecule has 1 aliphatic rings. The van der Waals surface area contributed by atoms with Gasteiger partial charge in [0.25, 0.3) is 0 Å². The van der Waals surface area contributed by atoms with E-state index in [-0.39, 0.29) is 18.5 Å². The van der Waals surface area contributed by atoms with E-state index in [1.807, 2.05) is 7.05 Å². The van der Waals surface area contributed by atoms with Crippen molar-refractivity contribution in [2.75, 3.05) is 33.4 Å². The van der Waals surface area contributed by atoms with Crippen LogP contribution in [0.4, 0.5) is 0 Å². The first-order valence-electron chi connectivity index (χ1n) is 3.27. The molecule has 1 N–H and O–H groups in total. The van der Waals surface area contributed by atoms with Gasteiger partial charge in [-0.1, -0.05) is 0 Å². The molecule has 1 heterocycles. The van der Waals surface area contributed by atoms with E-state index in [1.54, 1.807) is 0 Å². The van der Waals surface area contributed by atoms with Gasteiger partial charge >= 0.3 is 0 Å². The van der Waals surface area contributed by atoms with E-state index in [9.17, 15) is 0 Å². The van der Waals surface area contributed by atoms with Gasteiger partial charge in [-0.25, -0.2) is 0 Å². The predicted octanol–water partition coefficient (Wildman–Crippen LogP) is 0.0430. The lowest BCUT2D eigenvalue weighted by atomic mass is 10.3. The van der Waals surface area contributed by atoms with E-state index in [1.165, 1.54) is 0 Å². The van der Waals surface area contributed by atoms with Crippen LogP contribution in [0.5, 0.6) is 0 Å². The van der Waals surface area contributed by atoms with Gasteiger partial charge in [0.15, 0.2) is 0 Å². The highest BCUT2D eigenvalue weighted by Crippen LogP contribution is 1.97. The second-order valence-corrected chi connectivity index (χ2v) is 2.13. The number of hydrogen-bond donors (Lipinski definition) is 1. The van der Waals surface area contributed by atoms with Gasteiger partial charge in [-0.05, 0) is 7.05 Å². The zero-order chi connectivity index (χ0) is 6.53. The molecule has 62 valence electrons. The average molecular weight is 168 g/mol. The third-order valence-electron chi connectivity index (χ3n) is 1.32. The predicted molar refractivity (Wildman–Crippen MR) is 41.7 cm³/mol. The molecule has 0 saturated carbocycles. The Hall–Kier alpha value is 0.170. The summed E-state index contributed by atoms with van der Waals surface area (Å²) in [6.45, 7) is 3.12. The SMILES string of the molecule is CNCC1COCCO1.Cl. The molecule has 3 nitrogen and oxygen atoms in total. The first kappa shape index (κ1) is 10.2. The molecule has 0 aliphatic carbocycles. The summed E-state index contributed by atoms with van der Waals surface area (Å²) >= 11 is 0. The smallest absolute Gasteiger partial charge is 0.0933 e. The van der Waals surface area contributed by atoms with Crippen LogP contribution in [0.25, 0.3) is 0 Å². The molecule has 1 aliphatic heterocycles. The van der Waals surface area contributed by atoms with E-state index in [0.29, 0.717) is 0 Å². The normalized spacial score (nSPS) is 25.5. The number of hydrogen-bond acceptors (Lipinski definition) is 3. The third-order valence-corrected chi connectivity index (χ3v) is 1.32. The Morgan fingerprint density at radius 1 is 1.50 bits per heavy atom. The Balaban J connectivity index is 0.000000810. The van der Waals surface area contributed by atoms with Crippen molar-refractivity contribution in [1.82, 2.24) is 5.32 Å². The van der Waals surface area contributed by atoms with E-state index in [4.69, 9.17) is 9.47 Å². The van der Waals surface area contributed by atoms with E-state index in [2.05, 4.69) is 5.32 Å². The maximum absolute atomic E-state index is 5.33. The van der Waals surface area contributed by atoms with Crippen molar-refractivity contribution < 1.29 is 9.47 Å². The molecule has 1 rings (SSSR count). The Morgan fingerprint density at radius 3 is 2.80 bits per heavy atom. The van der Waals surface area contributed by atoms with Crippen molar-refractivity contribution >= 4 is 12.4 Å². The first-order valence-corrected chi connectivity index (χ1v) is 3.27. The van der Waals surface area contributed by atoms with Gasteiger partial charge in [-0.3, -0.25) is 0 Å². The monoisotopic (exact) mass is 167 g/mol.